The molecule has 2 N–H and O–H groups in total. The largest absolute Gasteiger partial charge is 0.383 e. The van der Waals surface area contributed by atoms with Crippen LogP contribution in [0.5, 0.6) is 0 Å². The lowest BCUT2D eigenvalue weighted by Gasteiger charge is -2.04. The molecular weight excluding hydrogens is 260 g/mol. The normalized spacial score (nSPS) is 10.7. The van der Waals surface area contributed by atoms with Crippen molar-refractivity contribution in [3.05, 3.63) is 60.4 Å². The first-order chi connectivity index (χ1) is 10.3. The third-order valence-corrected chi connectivity index (χ3v) is 3.48. The number of anilines is 1. The van der Waals surface area contributed by atoms with Gasteiger partial charge in [-0.15, -0.1) is 0 Å². The smallest absolute Gasteiger partial charge is 0.131 e. The molecule has 0 saturated heterocycles. The van der Waals surface area contributed by atoms with Crippen LogP contribution in [0.3, 0.4) is 0 Å². The first-order valence-corrected chi connectivity index (χ1v) is 7.14. The van der Waals surface area contributed by atoms with Gasteiger partial charge in [-0.05, 0) is 30.7 Å². The van der Waals surface area contributed by atoms with E-state index in [-0.39, 0.29) is 0 Å². The zero-order valence-electron chi connectivity index (χ0n) is 12.0. The topological polar surface area (TPSA) is 56.7 Å². The molecule has 106 valence electrons. The van der Waals surface area contributed by atoms with Crippen molar-refractivity contribution in [1.29, 1.82) is 0 Å². The molecule has 2 heterocycles. The summed E-state index contributed by atoms with van der Waals surface area (Å²) in [4.78, 5) is 4.07. The second kappa shape index (κ2) is 5.79. The van der Waals surface area contributed by atoms with Crippen LogP contribution in [0.25, 0.3) is 16.9 Å². The van der Waals surface area contributed by atoms with Crippen molar-refractivity contribution < 1.29 is 0 Å². The minimum Gasteiger partial charge on any atom is -0.383 e. The quantitative estimate of drug-likeness (QED) is 0.795. The Morgan fingerprint density at radius 1 is 1.05 bits per heavy atom. The van der Waals surface area contributed by atoms with Crippen LogP contribution >= 0.6 is 0 Å². The first-order valence-electron chi connectivity index (χ1n) is 7.14. The number of para-hydroxylation sites is 1. The Hall–Kier alpha value is -2.62. The molecule has 1 aromatic carbocycles. The molecule has 0 unspecified atom stereocenters. The maximum atomic E-state index is 6.34. The molecule has 0 radical (unpaired) electrons. The molecule has 0 aliphatic rings. The van der Waals surface area contributed by atoms with E-state index in [1.807, 2.05) is 47.1 Å². The van der Waals surface area contributed by atoms with Gasteiger partial charge >= 0.3 is 0 Å². The SMILES string of the molecule is CCCc1c(-c2ccncc2)nn(-c2ccccc2)c1N. The van der Waals surface area contributed by atoms with Gasteiger partial charge in [0.05, 0.1) is 11.4 Å². The van der Waals surface area contributed by atoms with Crippen molar-refractivity contribution in [2.24, 2.45) is 0 Å². The molecule has 4 heteroatoms. The Balaban J connectivity index is 2.16. The average Bonchev–Trinajstić information content (AvgIpc) is 2.87. The predicted octanol–water partition coefficient (Wildman–Crippen LogP) is 3.47. The molecule has 0 amide bonds. The zero-order chi connectivity index (χ0) is 14.7. The van der Waals surface area contributed by atoms with Crippen LogP contribution in [0.1, 0.15) is 18.9 Å². The van der Waals surface area contributed by atoms with Gasteiger partial charge in [-0.3, -0.25) is 4.98 Å². The molecule has 2 aromatic heterocycles. The maximum Gasteiger partial charge on any atom is 0.131 e. The summed E-state index contributed by atoms with van der Waals surface area (Å²) >= 11 is 0. The Kier molecular flexibility index (Phi) is 3.69. The summed E-state index contributed by atoms with van der Waals surface area (Å²) < 4.78 is 1.82. The Labute approximate surface area is 124 Å². The number of aromatic nitrogens is 3. The first kappa shape index (κ1) is 13.4. The Morgan fingerprint density at radius 3 is 2.43 bits per heavy atom. The molecule has 3 aromatic rings. The highest BCUT2D eigenvalue weighted by Crippen LogP contribution is 2.29. The molecule has 0 aliphatic carbocycles. The highest BCUT2D eigenvalue weighted by atomic mass is 15.3. The average molecular weight is 278 g/mol. The predicted molar refractivity (Wildman–Crippen MR) is 85.2 cm³/mol. The standard InChI is InChI=1S/C17H18N4/c1-2-6-15-16(13-9-11-19-12-10-13)20-21(17(15)18)14-7-4-3-5-8-14/h3-5,7-12H,2,6,18H2,1H3. The van der Waals surface area contributed by atoms with Crippen LogP contribution in [0.15, 0.2) is 54.9 Å². The van der Waals surface area contributed by atoms with E-state index >= 15 is 0 Å². The van der Waals surface area contributed by atoms with Gasteiger partial charge in [0, 0.05) is 23.5 Å². The lowest BCUT2D eigenvalue weighted by Crippen LogP contribution is -2.02. The zero-order valence-corrected chi connectivity index (χ0v) is 12.0. The Bertz CT molecular complexity index is 717. The van der Waals surface area contributed by atoms with Gasteiger partial charge in [-0.25, -0.2) is 4.68 Å². The monoisotopic (exact) mass is 278 g/mol. The second-order valence-electron chi connectivity index (χ2n) is 4.95. The van der Waals surface area contributed by atoms with Crippen molar-refractivity contribution in [2.75, 3.05) is 5.73 Å². The fourth-order valence-corrected chi connectivity index (χ4v) is 2.47. The van der Waals surface area contributed by atoms with Crippen LogP contribution in [0.4, 0.5) is 5.82 Å². The van der Waals surface area contributed by atoms with Crippen LogP contribution in [-0.4, -0.2) is 14.8 Å². The summed E-state index contributed by atoms with van der Waals surface area (Å²) in [7, 11) is 0. The summed E-state index contributed by atoms with van der Waals surface area (Å²) in [5, 5.41) is 4.73. The number of pyridine rings is 1. The molecule has 4 nitrogen and oxygen atoms in total. The number of nitrogen functional groups attached to an aromatic ring is 1. The lowest BCUT2D eigenvalue weighted by atomic mass is 10.1. The fourth-order valence-electron chi connectivity index (χ4n) is 2.47. The number of hydrogen-bond acceptors (Lipinski definition) is 3. The third kappa shape index (κ3) is 2.52. The molecular formula is C17H18N4. The third-order valence-electron chi connectivity index (χ3n) is 3.48. The summed E-state index contributed by atoms with van der Waals surface area (Å²) in [5.41, 5.74) is 10.4. The van der Waals surface area contributed by atoms with Crippen LogP contribution in [0.2, 0.25) is 0 Å². The van der Waals surface area contributed by atoms with E-state index in [9.17, 15) is 0 Å². The van der Waals surface area contributed by atoms with Crippen molar-refractivity contribution in [3.63, 3.8) is 0 Å². The molecule has 0 atom stereocenters. The Morgan fingerprint density at radius 2 is 1.76 bits per heavy atom. The number of benzene rings is 1. The van der Waals surface area contributed by atoms with E-state index in [0.29, 0.717) is 0 Å². The van der Waals surface area contributed by atoms with Gasteiger partial charge in [0.1, 0.15) is 5.82 Å². The molecule has 0 aliphatic heterocycles. The van der Waals surface area contributed by atoms with Gasteiger partial charge in [0.15, 0.2) is 0 Å². The number of nitrogens with zero attached hydrogens (tertiary/aromatic N) is 3. The van der Waals surface area contributed by atoms with E-state index in [4.69, 9.17) is 10.8 Å². The second-order valence-corrected chi connectivity index (χ2v) is 4.95. The highest BCUT2D eigenvalue weighted by molar-refractivity contribution is 5.69. The molecule has 0 spiro atoms. The number of rotatable bonds is 4. The van der Waals surface area contributed by atoms with Crippen molar-refractivity contribution in [1.82, 2.24) is 14.8 Å². The number of hydrogen-bond donors (Lipinski definition) is 1. The van der Waals surface area contributed by atoms with Gasteiger partial charge in [-0.1, -0.05) is 31.5 Å². The van der Waals surface area contributed by atoms with Crippen LogP contribution in [0, 0.1) is 0 Å². The van der Waals surface area contributed by atoms with E-state index < -0.39 is 0 Å². The van der Waals surface area contributed by atoms with Gasteiger partial charge in [0.25, 0.3) is 0 Å². The van der Waals surface area contributed by atoms with E-state index in [1.165, 1.54) is 0 Å². The minimum absolute atomic E-state index is 0.717. The summed E-state index contributed by atoms with van der Waals surface area (Å²) in [6.45, 7) is 2.15. The molecule has 3 rings (SSSR count). The van der Waals surface area contributed by atoms with Crippen molar-refractivity contribution >= 4 is 5.82 Å². The molecule has 21 heavy (non-hydrogen) atoms. The summed E-state index contributed by atoms with van der Waals surface area (Å²) in [6, 6.07) is 13.9. The van der Waals surface area contributed by atoms with E-state index in [2.05, 4.69) is 11.9 Å². The lowest BCUT2D eigenvalue weighted by molar-refractivity contribution is 0.892. The van der Waals surface area contributed by atoms with Gasteiger partial charge in [-0.2, -0.15) is 5.10 Å². The van der Waals surface area contributed by atoms with E-state index in [1.54, 1.807) is 12.4 Å². The summed E-state index contributed by atoms with van der Waals surface area (Å²) in [5.74, 6) is 0.717. The van der Waals surface area contributed by atoms with Crippen LogP contribution < -0.4 is 5.73 Å². The summed E-state index contributed by atoms with van der Waals surface area (Å²) in [6.07, 6.45) is 5.50. The molecule has 0 saturated carbocycles. The van der Waals surface area contributed by atoms with E-state index in [0.717, 1.165) is 41.2 Å². The van der Waals surface area contributed by atoms with Crippen molar-refractivity contribution in [2.45, 2.75) is 19.8 Å². The van der Waals surface area contributed by atoms with Crippen molar-refractivity contribution in [3.8, 4) is 16.9 Å². The number of nitrogens with two attached hydrogens (primary N) is 1. The van der Waals surface area contributed by atoms with Gasteiger partial charge < -0.3 is 5.73 Å². The van der Waals surface area contributed by atoms with Crippen LogP contribution in [-0.2, 0) is 6.42 Å². The van der Waals surface area contributed by atoms with Gasteiger partial charge in [0.2, 0.25) is 0 Å². The molecule has 0 fully saturated rings. The highest BCUT2D eigenvalue weighted by Gasteiger charge is 2.17. The fraction of sp³-hybridized carbons (Fsp3) is 0.176. The maximum absolute atomic E-state index is 6.34. The molecule has 0 bridgehead atoms. The minimum atomic E-state index is 0.717.